The van der Waals surface area contributed by atoms with E-state index in [0.717, 1.165) is 18.4 Å². The minimum atomic E-state index is -0.312. The van der Waals surface area contributed by atoms with Crippen molar-refractivity contribution in [3.63, 3.8) is 0 Å². The summed E-state index contributed by atoms with van der Waals surface area (Å²) in [4.78, 5) is 24.3. The van der Waals surface area contributed by atoms with Crippen molar-refractivity contribution in [1.82, 2.24) is 0 Å². The summed E-state index contributed by atoms with van der Waals surface area (Å²) in [7, 11) is 0. The Balaban J connectivity index is 1.79. The molecule has 0 aromatic heterocycles. The van der Waals surface area contributed by atoms with Crippen LogP contribution in [0.5, 0.6) is 0 Å². The maximum Gasteiger partial charge on any atom is 0.255 e. The van der Waals surface area contributed by atoms with Gasteiger partial charge in [-0.25, -0.2) is 0 Å². The van der Waals surface area contributed by atoms with Crippen molar-refractivity contribution in [2.45, 2.75) is 19.8 Å². The fourth-order valence-electron chi connectivity index (χ4n) is 2.37. The molecule has 124 valence electrons. The molecule has 0 spiro atoms. The normalized spacial score (nSPS) is 13.5. The molecule has 0 radical (unpaired) electrons. The second-order valence-corrected chi connectivity index (χ2v) is 6.73. The molecule has 2 amide bonds. The third-order valence-corrected chi connectivity index (χ3v) is 4.35. The van der Waals surface area contributed by atoms with Crippen LogP contribution < -0.4 is 10.6 Å². The number of anilines is 2. The third kappa shape index (κ3) is 3.89. The monoisotopic (exact) mass is 362 g/mol. The van der Waals surface area contributed by atoms with Gasteiger partial charge in [0.1, 0.15) is 0 Å². The number of halogens is 2. The lowest BCUT2D eigenvalue weighted by atomic mass is 10.1. The topological polar surface area (TPSA) is 58.2 Å². The maximum absolute atomic E-state index is 12.4. The predicted octanol–water partition coefficient (Wildman–Crippen LogP) is 4.90. The summed E-state index contributed by atoms with van der Waals surface area (Å²) in [5.74, 6) is -0.160. The molecule has 1 aliphatic carbocycles. The van der Waals surface area contributed by atoms with Crippen molar-refractivity contribution in [3.05, 3.63) is 57.6 Å². The molecule has 0 aliphatic heterocycles. The van der Waals surface area contributed by atoms with Crippen molar-refractivity contribution < 1.29 is 9.59 Å². The first-order valence-corrected chi connectivity index (χ1v) is 8.37. The molecule has 0 unspecified atom stereocenters. The van der Waals surface area contributed by atoms with Gasteiger partial charge in [0.2, 0.25) is 5.91 Å². The van der Waals surface area contributed by atoms with Crippen molar-refractivity contribution >= 4 is 46.4 Å². The number of hydrogen-bond acceptors (Lipinski definition) is 2. The van der Waals surface area contributed by atoms with E-state index < -0.39 is 0 Å². The molecule has 4 nitrogen and oxygen atoms in total. The standard InChI is InChI=1S/C18H16Cl2N2O2/c1-10-15(21-17(23)11-5-6-11)3-2-4-16(10)22-18(24)12-7-13(19)9-14(20)8-12/h2-4,7-9,11H,5-6H2,1H3,(H,21,23)(H,22,24). The van der Waals surface area contributed by atoms with Crippen LogP contribution in [0.25, 0.3) is 0 Å². The molecule has 2 aromatic carbocycles. The summed E-state index contributed by atoms with van der Waals surface area (Å²) in [6.45, 7) is 1.85. The Hall–Kier alpha value is -2.04. The van der Waals surface area contributed by atoms with Crippen LogP contribution in [0, 0.1) is 12.8 Å². The molecule has 6 heteroatoms. The second-order valence-electron chi connectivity index (χ2n) is 5.85. The molecule has 3 rings (SSSR count). The lowest BCUT2D eigenvalue weighted by Crippen LogP contribution is -2.16. The number of amides is 2. The summed E-state index contributed by atoms with van der Waals surface area (Å²) < 4.78 is 0. The lowest BCUT2D eigenvalue weighted by molar-refractivity contribution is -0.117. The van der Waals surface area contributed by atoms with Crippen LogP contribution in [0.15, 0.2) is 36.4 Å². The number of carbonyl (C=O) groups excluding carboxylic acids is 2. The highest BCUT2D eigenvalue weighted by Crippen LogP contribution is 2.32. The van der Waals surface area contributed by atoms with E-state index >= 15 is 0 Å². The zero-order valence-electron chi connectivity index (χ0n) is 13.0. The van der Waals surface area contributed by atoms with Gasteiger partial charge >= 0.3 is 0 Å². The molecule has 0 bridgehead atoms. The second kappa shape index (κ2) is 6.83. The average molecular weight is 363 g/mol. The Morgan fingerprint density at radius 1 is 1.00 bits per heavy atom. The molecule has 0 saturated heterocycles. The van der Waals surface area contributed by atoms with E-state index in [4.69, 9.17) is 23.2 Å². The van der Waals surface area contributed by atoms with E-state index in [2.05, 4.69) is 10.6 Å². The number of rotatable bonds is 4. The van der Waals surface area contributed by atoms with E-state index in [0.29, 0.717) is 27.0 Å². The fourth-order valence-corrected chi connectivity index (χ4v) is 2.89. The van der Waals surface area contributed by atoms with Gasteiger partial charge in [-0.05, 0) is 55.7 Å². The Bertz CT molecular complexity index is 796. The van der Waals surface area contributed by atoms with Crippen LogP contribution in [-0.2, 0) is 4.79 Å². The zero-order chi connectivity index (χ0) is 17.3. The average Bonchev–Trinajstić information content (AvgIpc) is 3.35. The molecular formula is C18H16Cl2N2O2. The number of benzene rings is 2. The van der Waals surface area contributed by atoms with Gasteiger partial charge in [-0.2, -0.15) is 0 Å². The molecule has 1 saturated carbocycles. The van der Waals surface area contributed by atoms with Gasteiger partial charge < -0.3 is 10.6 Å². The van der Waals surface area contributed by atoms with E-state index in [9.17, 15) is 9.59 Å². The van der Waals surface area contributed by atoms with Crippen LogP contribution in [0.1, 0.15) is 28.8 Å². The van der Waals surface area contributed by atoms with Gasteiger partial charge in [0.25, 0.3) is 5.91 Å². The highest BCUT2D eigenvalue weighted by atomic mass is 35.5. The van der Waals surface area contributed by atoms with Crippen LogP contribution in [0.2, 0.25) is 10.0 Å². The highest BCUT2D eigenvalue weighted by Gasteiger charge is 2.29. The van der Waals surface area contributed by atoms with E-state index in [1.807, 2.05) is 13.0 Å². The van der Waals surface area contributed by atoms with Crippen LogP contribution >= 0.6 is 23.2 Å². The smallest absolute Gasteiger partial charge is 0.255 e. The van der Waals surface area contributed by atoms with Gasteiger partial charge in [-0.15, -0.1) is 0 Å². The van der Waals surface area contributed by atoms with Crippen molar-refractivity contribution in [1.29, 1.82) is 0 Å². The summed E-state index contributed by atoms with van der Waals surface area (Å²) in [5.41, 5.74) is 2.51. The van der Waals surface area contributed by atoms with Crippen molar-refractivity contribution in [2.24, 2.45) is 5.92 Å². The first-order chi connectivity index (χ1) is 11.4. The molecule has 0 heterocycles. The van der Waals surface area contributed by atoms with Crippen molar-refractivity contribution in [3.8, 4) is 0 Å². The van der Waals surface area contributed by atoms with Crippen LogP contribution in [-0.4, -0.2) is 11.8 Å². The molecule has 2 N–H and O–H groups in total. The lowest BCUT2D eigenvalue weighted by Gasteiger charge is -2.13. The Kier molecular flexibility index (Phi) is 4.78. The number of hydrogen-bond donors (Lipinski definition) is 2. The minimum Gasteiger partial charge on any atom is -0.326 e. The predicted molar refractivity (Wildman–Crippen MR) is 96.9 cm³/mol. The summed E-state index contributed by atoms with van der Waals surface area (Å²) >= 11 is 11.9. The number of carbonyl (C=O) groups is 2. The Morgan fingerprint density at radius 3 is 2.17 bits per heavy atom. The van der Waals surface area contributed by atoms with E-state index in [1.165, 1.54) is 0 Å². The molecule has 2 aromatic rings. The Labute approximate surface area is 150 Å². The number of nitrogens with one attached hydrogen (secondary N) is 2. The summed E-state index contributed by atoms with van der Waals surface area (Å²) in [5, 5.41) is 6.54. The quantitative estimate of drug-likeness (QED) is 0.812. The van der Waals surface area contributed by atoms with Gasteiger partial charge in [-0.1, -0.05) is 29.3 Å². The summed E-state index contributed by atoms with van der Waals surface area (Å²) in [6.07, 6.45) is 1.88. The zero-order valence-corrected chi connectivity index (χ0v) is 14.5. The highest BCUT2D eigenvalue weighted by molar-refractivity contribution is 6.35. The fraction of sp³-hybridized carbons (Fsp3) is 0.222. The van der Waals surface area contributed by atoms with E-state index in [-0.39, 0.29) is 17.7 Å². The molecule has 1 fully saturated rings. The first kappa shape index (κ1) is 16.8. The van der Waals surface area contributed by atoms with Gasteiger partial charge in [0.05, 0.1) is 0 Å². The summed E-state index contributed by atoms with van der Waals surface area (Å²) in [6, 6.07) is 10.1. The third-order valence-electron chi connectivity index (χ3n) is 3.91. The maximum atomic E-state index is 12.4. The van der Waals surface area contributed by atoms with Gasteiger partial charge in [0, 0.05) is 32.9 Å². The molecular weight excluding hydrogens is 347 g/mol. The van der Waals surface area contributed by atoms with Gasteiger partial charge in [-0.3, -0.25) is 9.59 Å². The van der Waals surface area contributed by atoms with Crippen LogP contribution in [0.4, 0.5) is 11.4 Å². The van der Waals surface area contributed by atoms with E-state index in [1.54, 1.807) is 30.3 Å². The molecule has 24 heavy (non-hydrogen) atoms. The SMILES string of the molecule is Cc1c(NC(=O)c2cc(Cl)cc(Cl)c2)cccc1NC(=O)C1CC1. The Morgan fingerprint density at radius 2 is 1.58 bits per heavy atom. The minimum absolute atomic E-state index is 0.0307. The van der Waals surface area contributed by atoms with Gasteiger partial charge in [0.15, 0.2) is 0 Å². The molecule has 0 atom stereocenters. The largest absolute Gasteiger partial charge is 0.326 e. The first-order valence-electron chi connectivity index (χ1n) is 7.62. The molecule has 1 aliphatic rings. The van der Waals surface area contributed by atoms with Crippen molar-refractivity contribution in [2.75, 3.05) is 10.6 Å². The van der Waals surface area contributed by atoms with Crippen LogP contribution in [0.3, 0.4) is 0 Å².